The minimum absolute atomic E-state index is 0.0938. The maximum atomic E-state index is 12.8. The van der Waals surface area contributed by atoms with Gasteiger partial charge in [-0.2, -0.15) is 0 Å². The Bertz CT molecular complexity index is 1230. The van der Waals surface area contributed by atoms with E-state index in [0.29, 0.717) is 19.3 Å². The van der Waals surface area contributed by atoms with E-state index in [9.17, 15) is 14.4 Å². The van der Waals surface area contributed by atoms with E-state index in [2.05, 4.69) is 93.7 Å². The number of carbonyl (C=O) groups excluding carboxylic acids is 3. The molecule has 0 rings (SSSR count). The molecule has 0 radical (unpaired) electrons. The number of esters is 3. The van der Waals surface area contributed by atoms with E-state index < -0.39 is 6.10 Å². The SMILES string of the molecule is CCCCC/C=C/C/C=C/C/C=C/C/C=C/CCCC(=O)OC[C@@H](COC(=O)CCCCCCCCCCCCCCC)OC(=O)CCCCCCCCC/C=C/C/C=C/CCCCC. The number of rotatable bonds is 49. The maximum absolute atomic E-state index is 12.8. The molecule has 0 saturated carbocycles. The molecule has 374 valence electrons. The molecule has 0 aromatic heterocycles. The third kappa shape index (κ3) is 51.7. The first kappa shape index (κ1) is 61.9. The minimum Gasteiger partial charge on any atom is -0.462 e. The van der Waals surface area contributed by atoms with Gasteiger partial charge in [0, 0.05) is 19.3 Å². The standard InChI is InChI=1S/C59H102O6/c1-4-7-10-13-16-19-22-25-27-29-31-34-37-40-43-46-49-52-58(61)64-55-56(54-63-57(60)51-48-45-42-39-36-33-24-21-18-15-12-9-6-3)65-59(62)53-50-47-44-41-38-35-32-30-28-26-23-20-17-14-11-8-5-2/h16-17,19-20,25-28,31,34,40,43,56H,4-15,18,21-24,29-30,32-33,35-39,41-42,44-55H2,1-3H3/b19-16+,20-17+,27-25+,28-26+,34-31+,43-40+/t56-/m1/s1. The Morgan fingerprint density at radius 1 is 0.308 bits per heavy atom. The van der Waals surface area contributed by atoms with Gasteiger partial charge in [-0.3, -0.25) is 14.4 Å². The molecule has 0 aromatic rings. The van der Waals surface area contributed by atoms with E-state index >= 15 is 0 Å². The molecule has 0 fully saturated rings. The molecule has 0 aromatic carbocycles. The fourth-order valence-corrected chi connectivity index (χ4v) is 7.52. The quantitative estimate of drug-likeness (QED) is 0.0262. The highest BCUT2D eigenvalue weighted by Crippen LogP contribution is 2.15. The molecule has 0 aliphatic carbocycles. The van der Waals surface area contributed by atoms with Gasteiger partial charge < -0.3 is 14.2 Å². The molecule has 0 aliphatic heterocycles. The van der Waals surface area contributed by atoms with Gasteiger partial charge >= 0.3 is 17.9 Å². The minimum atomic E-state index is -0.800. The molecular formula is C59H102O6. The van der Waals surface area contributed by atoms with E-state index in [4.69, 9.17) is 14.2 Å². The third-order valence-electron chi connectivity index (χ3n) is 11.7. The summed E-state index contributed by atoms with van der Waals surface area (Å²) in [7, 11) is 0. The Balaban J connectivity index is 4.47. The molecule has 6 heteroatoms. The van der Waals surface area contributed by atoms with Gasteiger partial charge in [0.05, 0.1) is 0 Å². The summed E-state index contributed by atoms with van der Waals surface area (Å²) >= 11 is 0. The summed E-state index contributed by atoms with van der Waals surface area (Å²) in [5.74, 6) is -0.955. The van der Waals surface area contributed by atoms with Crippen LogP contribution in [0.3, 0.4) is 0 Å². The lowest BCUT2D eigenvalue weighted by Gasteiger charge is -2.18. The van der Waals surface area contributed by atoms with Crippen LogP contribution in [0.4, 0.5) is 0 Å². The van der Waals surface area contributed by atoms with Crippen LogP contribution < -0.4 is 0 Å². The topological polar surface area (TPSA) is 78.9 Å². The number of ether oxygens (including phenoxy) is 3. The third-order valence-corrected chi connectivity index (χ3v) is 11.7. The molecule has 0 aliphatic rings. The van der Waals surface area contributed by atoms with Crippen LogP contribution in [0.2, 0.25) is 0 Å². The zero-order valence-electron chi connectivity index (χ0n) is 42.7. The van der Waals surface area contributed by atoms with Crippen LogP contribution in [0.25, 0.3) is 0 Å². The van der Waals surface area contributed by atoms with Gasteiger partial charge in [0.1, 0.15) is 13.2 Å². The Hall–Kier alpha value is -3.15. The summed E-state index contributed by atoms with van der Waals surface area (Å²) in [5.41, 5.74) is 0. The Morgan fingerprint density at radius 2 is 0.569 bits per heavy atom. The van der Waals surface area contributed by atoms with Crippen LogP contribution in [0.1, 0.15) is 265 Å². The first-order valence-electron chi connectivity index (χ1n) is 27.4. The van der Waals surface area contributed by atoms with Crippen molar-refractivity contribution in [3.05, 3.63) is 72.9 Å². The number of allylic oxidation sites excluding steroid dienone is 12. The Labute approximate surface area is 402 Å². The van der Waals surface area contributed by atoms with E-state index in [1.54, 1.807) is 0 Å². The molecule has 0 bridgehead atoms. The second-order valence-electron chi connectivity index (χ2n) is 18.1. The fourth-order valence-electron chi connectivity index (χ4n) is 7.52. The summed E-state index contributed by atoms with van der Waals surface area (Å²) < 4.78 is 16.8. The summed E-state index contributed by atoms with van der Waals surface area (Å²) in [6.07, 6.45) is 67.4. The van der Waals surface area contributed by atoms with Crippen molar-refractivity contribution in [2.45, 2.75) is 271 Å². The number of unbranched alkanes of at least 4 members (excludes halogenated alkanes) is 26. The van der Waals surface area contributed by atoms with Crippen LogP contribution in [-0.4, -0.2) is 37.2 Å². The predicted octanol–water partition coefficient (Wildman–Crippen LogP) is 18.2. The van der Waals surface area contributed by atoms with Gasteiger partial charge in [0.25, 0.3) is 0 Å². The van der Waals surface area contributed by atoms with Crippen molar-refractivity contribution in [2.24, 2.45) is 0 Å². The van der Waals surface area contributed by atoms with Crippen molar-refractivity contribution in [3.63, 3.8) is 0 Å². The van der Waals surface area contributed by atoms with Crippen molar-refractivity contribution in [3.8, 4) is 0 Å². The molecule has 0 saturated heterocycles. The van der Waals surface area contributed by atoms with Gasteiger partial charge in [0.2, 0.25) is 0 Å². The van der Waals surface area contributed by atoms with Gasteiger partial charge in [-0.05, 0) is 89.9 Å². The average Bonchev–Trinajstić information content (AvgIpc) is 3.30. The maximum Gasteiger partial charge on any atom is 0.306 e. The zero-order valence-corrected chi connectivity index (χ0v) is 42.7. The molecule has 0 unspecified atom stereocenters. The lowest BCUT2D eigenvalue weighted by molar-refractivity contribution is -0.167. The van der Waals surface area contributed by atoms with Crippen LogP contribution in [0.5, 0.6) is 0 Å². The highest BCUT2D eigenvalue weighted by Gasteiger charge is 2.19. The van der Waals surface area contributed by atoms with E-state index in [1.807, 2.05) is 0 Å². The average molecular weight is 907 g/mol. The second kappa shape index (κ2) is 53.5. The zero-order chi connectivity index (χ0) is 47.2. The van der Waals surface area contributed by atoms with Gasteiger partial charge in [-0.1, -0.05) is 229 Å². The smallest absolute Gasteiger partial charge is 0.306 e. The van der Waals surface area contributed by atoms with Crippen LogP contribution in [0.15, 0.2) is 72.9 Å². The van der Waals surface area contributed by atoms with E-state index in [-0.39, 0.29) is 37.5 Å². The lowest BCUT2D eigenvalue weighted by atomic mass is 10.0. The molecule has 65 heavy (non-hydrogen) atoms. The van der Waals surface area contributed by atoms with Gasteiger partial charge in [-0.25, -0.2) is 0 Å². The highest BCUT2D eigenvalue weighted by molar-refractivity contribution is 5.71. The Morgan fingerprint density at radius 3 is 0.954 bits per heavy atom. The predicted molar refractivity (Wildman–Crippen MR) is 279 cm³/mol. The van der Waals surface area contributed by atoms with Crippen molar-refractivity contribution in [2.75, 3.05) is 13.2 Å². The number of hydrogen-bond acceptors (Lipinski definition) is 6. The molecule has 0 amide bonds. The lowest BCUT2D eigenvalue weighted by Crippen LogP contribution is -2.30. The molecule has 0 N–H and O–H groups in total. The largest absolute Gasteiger partial charge is 0.462 e. The fraction of sp³-hybridized carbons (Fsp3) is 0.746. The van der Waals surface area contributed by atoms with Crippen molar-refractivity contribution in [1.29, 1.82) is 0 Å². The normalized spacial score (nSPS) is 12.6. The van der Waals surface area contributed by atoms with Crippen molar-refractivity contribution in [1.82, 2.24) is 0 Å². The summed E-state index contributed by atoms with van der Waals surface area (Å²) in [4.78, 5) is 38.0. The number of hydrogen-bond donors (Lipinski definition) is 0. The summed E-state index contributed by atoms with van der Waals surface area (Å²) in [6, 6.07) is 0. The first-order chi connectivity index (χ1) is 32.0. The van der Waals surface area contributed by atoms with Gasteiger partial charge in [0.15, 0.2) is 6.10 Å². The van der Waals surface area contributed by atoms with Crippen LogP contribution in [-0.2, 0) is 28.6 Å². The highest BCUT2D eigenvalue weighted by atomic mass is 16.6. The van der Waals surface area contributed by atoms with Crippen LogP contribution in [0, 0.1) is 0 Å². The summed E-state index contributed by atoms with van der Waals surface area (Å²) in [5, 5.41) is 0. The molecule has 0 spiro atoms. The van der Waals surface area contributed by atoms with E-state index in [0.717, 1.165) is 77.0 Å². The number of carbonyl (C=O) groups is 3. The molecular weight excluding hydrogens is 805 g/mol. The van der Waals surface area contributed by atoms with Crippen molar-refractivity contribution < 1.29 is 28.6 Å². The molecule has 1 atom stereocenters. The second-order valence-corrected chi connectivity index (χ2v) is 18.1. The molecule has 0 heterocycles. The van der Waals surface area contributed by atoms with Gasteiger partial charge in [-0.15, -0.1) is 0 Å². The monoisotopic (exact) mass is 907 g/mol. The Kier molecular flexibility index (Phi) is 50.9. The van der Waals surface area contributed by atoms with Crippen molar-refractivity contribution >= 4 is 17.9 Å². The summed E-state index contributed by atoms with van der Waals surface area (Å²) in [6.45, 7) is 6.54. The van der Waals surface area contributed by atoms with E-state index in [1.165, 1.54) is 141 Å². The first-order valence-corrected chi connectivity index (χ1v) is 27.4. The molecule has 6 nitrogen and oxygen atoms in total. The van der Waals surface area contributed by atoms with Crippen LogP contribution >= 0.6 is 0 Å².